The summed E-state index contributed by atoms with van der Waals surface area (Å²) in [6.45, 7) is -0.750. The number of amides is 5. The number of aromatic nitrogens is 2. The molecule has 5 amide bonds. The molecule has 1 aliphatic carbocycles. The fourth-order valence-corrected chi connectivity index (χ4v) is 5.34. The molecule has 2 atom stereocenters. The Morgan fingerprint density at radius 2 is 1.83 bits per heavy atom. The minimum absolute atomic E-state index is 0.127. The average Bonchev–Trinajstić information content (AvgIpc) is 3.60. The number of carbonyl (C=O) groups excluding carboxylic acids is 4. The van der Waals surface area contributed by atoms with Gasteiger partial charge in [-0.2, -0.15) is 18.3 Å². The third-order valence-electron chi connectivity index (χ3n) is 7.62. The van der Waals surface area contributed by atoms with Crippen LogP contribution in [0.2, 0.25) is 0 Å². The summed E-state index contributed by atoms with van der Waals surface area (Å²) in [4.78, 5) is 52.4. The molecule has 1 aliphatic heterocycles. The molecule has 2 aromatic carbocycles. The molecule has 0 bridgehead atoms. The van der Waals surface area contributed by atoms with Crippen LogP contribution in [-0.4, -0.2) is 62.1 Å². The fraction of sp³-hybridized carbons (Fsp3) is 0.321. The highest BCUT2D eigenvalue weighted by Crippen LogP contribution is 2.43. The number of aryl methyl sites for hydroxylation is 1. The van der Waals surface area contributed by atoms with Crippen LogP contribution in [0.5, 0.6) is 0 Å². The number of fused-ring (bicyclic) bond motifs is 2. The van der Waals surface area contributed by atoms with Crippen LogP contribution in [-0.2, 0) is 39.4 Å². The molecule has 14 heteroatoms. The molecule has 1 fully saturated rings. The van der Waals surface area contributed by atoms with Gasteiger partial charge in [-0.3, -0.25) is 24.0 Å². The quantitative estimate of drug-likeness (QED) is 0.310. The first-order valence-corrected chi connectivity index (χ1v) is 13.0. The predicted molar refractivity (Wildman–Crippen MR) is 140 cm³/mol. The molecule has 5 rings (SSSR count). The number of benzene rings is 2. The number of primary amides is 1. The topological polar surface area (TPSA) is 131 Å². The Kier molecular flexibility index (Phi) is 7.25. The molecule has 1 saturated heterocycles. The van der Waals surface area contributed by atoms with Crippen LogP contribution in [0.15, 0.2) is 54.9 Å². The van der Waals surface area contributed by atoms with Gasteiger partial charge in [0.2, 0.25) is 11.8 Å². The van der Waals surface area contributed by atoms with E-state index in [1.165, 1.54) is 23.0 Å². The molecule has 220 valence electrons. The number of imide groups is 1. The number of hydrogen-bond acceptors (Lipinski definition) is 5. The van der Waals surface area contributed by atoms with E-state index in [-0.39, 0.29) is 18.5 Å². The summed E-state index contributed by atoms with van der Waals surface area (Å²) in [6.07, 6.45) is -1.04. The zero-order valence-electron chi connectivity index (χ0n) is 22.3. The van der Waals surface area contributed by atoms with Gasteiger partial charge in [0.1, 0.15) is 30.5 Å². The molecule has 3 aromatic rings. The fourth-order valence-electron chi connectivity index (χ4n) is 5.34. The van der Waals surface area contributed by atoms with Crippen LogP contribution >= 0.6 is 0 Å². The Bertz CT molecular complexity index is 1570. The van der Waals surface area contributed by atoms with Crippen molar-refractivity contribution in [3.8, 4) is 11.1 Å². The largest absolute Gasteiger partial charge is 0.408 e. The minimum Gasteiger partial charge on any atom is -0.368 e. The van der Waals surface area contributed by atoms with Crippen LogP contribution in [0.25, 0.3) is 11.1 Å². The third kappa shape index (κ3) is 5.31. The molecule has 0 radical (unpaired) electrons. The van der Waals surface area contributed by atoms with Crippen LogP contribution in [0.1, 0.15) is 30.0 Å². The number of nitrogens with two attached hydrogens (primary N) is 1. The van der Waals surface area contributed by atoms with Gasteiger partial charge in [-0.25, -0.2) is 9.18 Å². The first-order chi connectivity index (χ1) is 19.8. The van der Waals surface area contributed by atoms with Gasteiger partial charge < -0.3 is 16.0 Å². The number of nitrogens with zero attached hydrogens (tertiary/aromatic N) is 4. The second kappa shape index (κ2) is 10.6. The van der Waals surface area contributed by atoms with Gasteiger partial charge in [0.15, 0.2) is 0 Å². The molecule has 42 heavy (non-hydrogen) atoms. The van der Waals surface area contributed by atoms with Gasteiger partial charge in [0.25, 0.3) is 5.91 Å². The van der Waals surface area contributed by atoms with E-state index in [1.54, 1.807) is 24.4 Å². The minimum atomic E-state index is -4.79. The highest BCUT2D eigenvalue weighted by molar-refractivity contribution is 6.10. The van der Waals surface area contributed by atoms with E-state index >= 15 is 0 Å². The highest BCUT2D eigenvalue weighted by atomic mass is 19.4. The summed E-state index contributed by atoms with van der Waals surface area (Å²) in [5.74, 6) is -3.02. The SMILES string of the molecule is CC(N(Cc1ccc(F)cc1)C(=O)CN1C(=O)N[C@]2(CCc3ccc(-c4cnn(CC(N)=O)c4)cc32)C1=O)C(F)(F)F. The van der Waals surface area contributed by atoms with Crippen molar-refractivity contribution in [2.45, 2.75) is 50.6 Å². The van der Waals surface area contributed by atoms with Crippen LogP contribution < -0.4 is 11.1 Å². The van der Waals surface area contributed by atoms with Crippen molar-refractivity contribution in [2.24, 2.45) is 5.73 Å². The number of nitrogens with one attached hydrogen (secondary N) is 1. The summed E-state index contributed by atoms with van der Waals surface area (Å²) in [7, 11) is 0. The monoisotopic (exact) mass is 586 g/mol. The average molecular weight is 587 g/mol. The van der Waals surface area contributed by atoms with E-state index in [0.29, 0.717) is 32.9 Å². The molecule has 2 heterocycles. The van der Waals surface area contributed by atoms with Crippen molar-refractivity contribution in [2.75, 3.05) is 6.54 Å². The van der Waals surface area contributed by atoms with Crippen molar-refractivity contribution in [3.63, 3.8) is 0 Å². The van der Waals surface area contributed by atoms with Gasteiger partial charge >= 0.3 is 12.2 Å². The highest BCUT2D eigenvalue weighted by Gasteiger charge is 2.56. The van der Waals surface area contributed by atoms with E-state index in [9.17, 15) is 36.7 Å². The van der Waals surface area contributed by atoms with Crippen molar-refractivity contribution in [3.05, 3.63) is 77.4 Å². The van der Waals surface area contributed by atoms with Crippen LogP contribution in [0, 0.1) is 5.82 Å². The summed E-state index contributed by atoms with van der Waals surface area (Å²) in [6, 6.07) is 6.81. The smallest absolute Gasteiger partial charge is 0.368 e. The number of rotatable bonds is 8. The van der Waals surface area contributed by atoms with E-state index in [0.717, 1.165) is 24.6 Å². The van der Waals surface area contributed by atoms with E-state index < -0.39 is 60.4 Å². The Morgan fingerprint density at radius 3 is 2.50 bits per heavy atom. The second-order valence-corrected chi connectivity index (χ2v) is 10.4. The Morgan fingerprint density at radius 1 is 1.12 bits per heavy atom. The maximum absolute atomic E-state index is 13.7. The Hall–Kier alpha value is -4.75. The number of alkyl halides is 3. The van der Waals surface area contributed by atoms with Gasteiger partial charge in [-0.05, 0) is 60.2 Å². The van der Waals surface area contributed by atoms with Crippen LogP contribution in [0.4, 0.5) is 22.4 Å². The summed E-state index contributed by atoms with van der Waals surface area (Å²) in [5.41, 5.74) is 6.53. The first-order valence-electron chi connectivity index (χ1n) is 13.0. The standard InChI is InChI=1S/C28H26F4N6O4/c1-16(28(30,31)32)37(12-17-2-6-21(29)7-3-17)24(40)15-38-25(41)27(35-26(38)42)9-8-18-4-5-19(10-22(18)27)20-11-34-36(13-20)14-23(33)39/h2-7,10-11,13,16H,8-9,12,14-15H2,1H3,(H2,33,39)(H,35,42)/t16?,27-/m0/s1. The Balaban J connectivity index is 1.40. The zero-order chi connectivity index (χ0) is 30.4. The zero-order valence-corrected chi connectivity index (χ0v) is 22.3. The lowest BCUT2D eigenvalue weighted by Gasteiger charge is -2.32. The lowest BCUT2D eigenvalue weighted by atomic mass is 9.90. The molecule has 3 N–H and O–H groups in total. The summed E-state index contributed by atoms with van der Waals surface area (Å²) < 4.78 is 55.8. The van der Waals surface area contributed by atoms with Gasteiger partial charge in [-0.1, -0.05) is 24.3 Å². The summed E-state index contributed by atoms with van der Waals surface area (Å²) >= 11 is 0. The molecule has 2 aliphatic rings. The van der Waals surface area contributed by atoms with Gasteiger partial charge in [0, 0.05) is 18.3 Å². The molecule has 1 unspecified atom stereocenters. The second-order valence-electron chi connectivity index (χ2n) is 10.4. The number of carbonyl (C=O) groups is 4. The molecule has 10 nitrogen and oxygen atoms in total. The molecule has 0 saturated carbocycles. The third-order valence-corrected chi connectivity index (χ3v) is 7.62. The molecular formula is C28H26F4N6O4. The number of halogens is 4. The number of urea groups is 1. The van der Waals surface area contributed by atoms with Crippen molar-refractivity contribution in [1.29, 1.82) is 0 Å². The first kappa shape index (κ1) is 28.8. The molecule has 1 spiro atoms. The maximum Gasteiger partial charge on any atom is 0.408 e. The normalized spacial score (nSPS) is 18.7. The van der Waals surface area contributed by atoms with Gasteiger partial charge in [-0.15, -0.1) is 0 Å². The Labute approximate surface area is 237 Å². The van der Waals surface area contributed by atoms with E-state index in [1.807, 2.05) is 0 Å². The van der Waals surface area contributed by atoms with E-state index in [4.69, 9.17) is 5.73 Å². The van der Waals surface area contributed by atoms with E-state index in [2.05, 4.69) is 10.4 Å². The van der Waals surface area contributed by atoms with Gasteiger partial charge in [0.05, 0.1) is 6.20 Å². The van der Waals surface area contributed by atoms with Crippen molar-refractivity contribution >= 4 is 23.8 Å². The van der Waals surface area contributed by atoms with Crippen LogP contribution in [0.3, 0.4) is 0 Å². The van der Waals surface area contributed by atoms with Crippen molar-refractivity contribution in [1.82, 2.24) is 24.9 Å². The lowest BCUT2D eigenvalue weighted by Crippen LogP contribution is -2.51. The maximum atomic E-state index is 13.7. The summed E-state index contributed by atoms with van der Waals surface area (Å²) in [5, 5.41) is 6.78. The lowest BCUT2D eigenvalue weighted by molar-refractivity contribution is -0.187. The predicted octanol–water partition coefficient (Wildman–Crippen LogP) is 2.85. The van der Waals surface area contributed by atoms with Crippen molar-refractivity contribution < 1.29 is 36.7 Å². The molecule has 1 aromatic heterocycles. The number of hydrogen-bond donors (Lipinski definition) is 2. The molecular weight excluding hydrogens is 560 g/mol.